The Balaban J connectivity index is 1.54. The van der Waals surface area contributed by atoms with Crippen LogP contribution in [0.1, 0.15) is 21.9 Å². The van der Waals surface area contributed by atoms with Crippen molar-refractivity contribution >= 4 is 28.9 Å². The third kappa shape index (κ3) is 4.01. The molecule has 29 heavy (non-hydrogen) atoms. The maximum Gasteiger partial charge on any atom is 0.274 e. The molecular formula is C20H25N7OS. The molecule has 8 nitrogen and oxygen atoms in total. The van der Waals surface area contributed by atoms with E-state index >= 15 is 0 Å². The lowest BCUT2D eigenvalue weighted by Crippen LogP contribution is -2.45. The number of carbonyl (C=O) groups excluding carboxylic acids is 1. The average molecular weight is 412 g/mol. The van der Waals surface area contributed by atoms with Gasteiger partial charge in [-0.3, -0.25) is 9.48 Å². The Morgan fingerprint density at radius 1 is 1.10 bits per heavy atom. The predicted molar refractivity (Wildman–Crippen MR) is 116 cm³/mol. The van der Waals surface area contributed by atoms with Gasteiger partial charge >= 0.3 is 0 Å². The van der Waals surface area contributed by atoms with Gasteiger partial charge in [0.05, 0.1) is 22.0 Å². The van der Waals surface area contributed by atoms with Crippen LogP contribution in [0.3, 0.4) is 0 Å². The minimum Gasteiger partial charge on any atom is -0.338 e. The third-order valence-electron chi connectivity index (χ3n) is 5.17. The number of hydrogen-bond donors (Lipinski definition) is 1. The number of thiophene rings is 1. The largest absolute Gasteiger partial charge is 0.338 e. The quantitative estimate of drug-likeness (QED) is 0.711. The van der Waals surface area contributed by atoms with Crippen LogP contribution < -0.4 is 10.2 Å². The Morgan fingerprint density at radius 3 is 2.41 bits per heavy atom. The van der Waals surface area contributed by atoms with Gasteiger partial charge in [-0.05, 0) is 38.4 Å². The highest BCUT2D eigenvalue weighted by atomic mass is 32.1. The monoisotopic (exact) mass is 411 g/mol. The van der Waals surface area contributed by atoms with Crippen molar-refractivity contribution in [3.63, 3.8) is 0 Å². The summed E-state index contributed by atoms with van der Waals surface area (Å²) >= 11 is 1.60. The van der Waals surface area contributed by atoms with E-state index in [1.165, 1.54) is 0 Å². The average Bonchev–Trinajstić information content (AvgIpc) is 3.34. The second-order valence-corrected chi connectivity index (χ2v) is 8.28. The summed E-state index contributed by atoms with van der Waals surface area (Å²) in [6.07, 6.45) is 0. The Hall–Kier alpha value is -2.78. The molecule has 0 radical (unpaired) electrons. The van der Waals surface area contributed by atoms with E-state index in [4.69, 9.17) is 0 Å². The Bertz CT molecular complexity index is 997. The summed E-state index contributed by atoms with van der Waals surface area (Å²) in [5.74, 6) is 0.511. The topological polar surface area (TPSA) is 79.2 Å². The number of nitrogens with zero attached hydrogens (tertiary/aromatic N) is 6. The predicted octanol–water partition coefficient (Wildman–Crippen LogP) is 2.56. The molecule has 4 rings (SSSR count). The number of nitrogens with one attached hydrogen (secondary N) is 1. The van der Waals surface area contributed by atoms with Crippen molar-refractivity contribution in [1.82, 2.24) is 24.6 Å². The van der Waals surface area contributed by atoms with E-state index in [-0.39, 0.29) is 5.91 Å². The van der Waals surface area contributed by atoms with Gasteiger partial charge in [-0.1, -0.05) is 6.07 Å². The minimum atomic E-state index is -0.218. The van der Waals surface area contributed by atoms with Crippen LogP contribution in [0.5, 0.6) is 0 Å². The van der Waals surface area contributed by atoms with Crippen molar-refractivity contribution in [1.29, 1.82) is 0 Å². The molecule has 1 aliphatic heterocycles. The zero-order chi connectivity index (χ0) is 20.5. The molecule has 0 bridgehead atoms. The maximum absolute atomic E-state index is 12.9. The first-order valence-electron chi connectivity index (χ1n) is 9.60. The second kappa shape index (κ2) is 7.92. The molecule has 4 heterocycles. The number of aryl methyl sites for hydroxylation is 3. The van der Waals surface area contributed by atoms with Crippen molar-refractivity contribution in [2.75, 3.05) is 43.4 Å². The van der Waals surface area contributed by atoms with Gasteiger partial charge < -0.3 is 15.1 Å². The first-order chi connectivity index (χ1) is 13.9. The highest BCUT2D eigenvalue weighted by molar-refractivity contribution is 7.13. The number of anilines is 2. The first kappa shape index (κ1) is 19.5. The fraction of sp³-hybridized carbons (Fsp3) is 0.400. The number of amides is 1. The number of rotatable bonds is 4. The van der Waals surface area contributed by atoms with E-state index in [9.17, 15) is 4.79 Å². The zero-order valence-corrected chi connectivity index (χ0v) is 18.0. The van der Waals surface area contributed by atoms with Gasteiger partial charge in [0.2, 0.25) is 5.95 Å². The summed E-state index contributed by atoms with van der Waals surface area (Å²) in [6.45, 7) is 7.61. The van der Waals surface area contributed by atoms with Crippen LogP contribution in [0.2, 0.25) is 0 Å². The van der Waals surface area contributed by atoms with Crippen molar-refractivity contribution in [2.24, 2.45) is 7.05 Å². The molecule has 152 valence electrons. The zero-order valence-electron chi connectivity index (χ0n) is 17.1. The fourth-order valence-electron chi connectivity index (χ4n) is 3.43. The van der Waals surface area contributed by atoms with Gasteiger partial charge in [0.25, 0.3) is 5.91 Å². The van der Waals surface area contributed by atoms with E-state index in [0.717, 1.165) is 54.1 Å². The van der Waals surface area contributed by atoms with Gasteiger partial charge in [-0.15, -0.1) is 11.3 Å². The molecule has 1 saturated heterocycles. The Morgan fingerprint density at radius 2 is 1.79 bits per heavy atom. The van der Waals surface area contributed by atoms with Crippen LogP contribution in [0, 0.1) is 13.8 Å². The molecule has 0 atom stereocenters. The Kier molecular flexibility index (Phi) is 5.33. The molecule has 9 heteroatoms. The highest BCUT2D eigenvalue weighted by Gasteiger charge is 2.21. The van der Waals surface area contributed by atoms with Gasteiger partial charge in [-0.25, -0.2) is 9.97 Å². The molecule has 0 aliphatic carbocycles. The van der Waals surface area contributed by atoms with Crippen molar-refractivity contribution in [3.8, 4) is 10.6 Å². The summed E-state index contributed by atoms with van der Waals surface area (Å²) < 4.78 is 1.61. The molecule has 1 amide bonds. The normalized spacial score (nSPS) is 15.0. The second-order valence-electron chi connectivity index (χ2n) is 7.33. The summed E-state index contributed by atoms with van der Waals surface area (Å²) in [5.41, 5.74) is 3.48. The van der Waals surface area contributed by atoms with Crippen LogP contribution in [0.4, 0.5) is 11.6 Å². The van der Waals surface area contributed by atoms with E-state index < -0.39 is 0 Å². The number of carbonyl (C=O) groups is 1. The molecule has 1 N–H and O–H groups in total. The molecule has 0 aromatic carbocycles. The number of hydrogen-bond acceptors (Lipinski definition) is 7. The van der Waals surface area contributed by atoms with E-state index in [1.54, 1.807) is 23.1 Å². The number of aromatic nitrogens is 4. The van der Waals surface area contributed by atoms with E-state index in [2.05, 4.69) is 37.2 Å². The molecule has 1 aliphatic rings. The van der Waals surface area contributed by atoms with Crippen LogP contribution in [-0.4, -0.2) is 63.8 Å². The molecule has 1 fully saturated rings. The standard InChI is InChI=1S/C20H25N7OS/c1-13-18(14(2)22-20(21-13)27-9-7-25(3)8-10-27)23-19(28)16-12-15(24-26(16)4)17-6-5-11-29-17/h5-6,11-12H,7-10H2,1-4H3,(H,23,28). The highest BCUT2D eigenvalue weighted by Crippen LogP contribution is 2.25. The lowest BCUT2D eigenvalue weighted by Gasteiger charge is -2.32. The lowest BCUT2D eigenvalue weighted by molar-refractivity contribution is 0.101. The van der Waals surface area contributed by atoms with Crippen molar-refractivity contribution in [3.05, 3.63) is 40.7 Å². The SMILES string of the molecule is Cc1nc(N2CCN(C)CC2)nc(C)c1NC(=O)c1cc(-c2cccs2)nn1C. The van der Waals surface area contributed by atoms with Gasteiger partial charge in [0.1, 0.15) is 11.4 Å². The van der Waals surface area contributed by atoms with Gasteiger partial charge in [0.15, 0.2) is 0 Å². The molecule has 3 aromatic heterocycles. The smallest absolute Gasteiger partial charge is 0.274 e. The number of piperazine rings is 1. The summed E-state index contributed by atoms with van der Waals surface area (Å²) in [5, 5.41) is 9.45. The van der Waals surface area contributed by atoms with Crippen LogP contribution in [-0.2, 0) is 7.05 Å². The molecule has 0 saturated carbocycles. The molecule has 0 spiro atoms. The lowest BCUT2D eigenvalue weighted by atomic mass is 10.2. The van der Waals surface area contributed by atoms with E-state index in [0.29, 0.717) is 11.4 Å². The Labute approximate surface area is 174 Å². The third-order valence-corrected chi connectivity index (χ3v) is 6.06. The summed E-state index contributed by atoms with van der Waals surface area (Å²) in [6, 6.07) is 5.78. The van der Waals surface area contributed by atoms with Crippen LogP contribution in [0.25, 0.3) is 10.6 Å². The van der Waals surface area contributed by atoms with Gasteiger partial charge in [0, 0.05) is 33.2 Å². The molecule has 3 aromatic rings. The van der Waals surface area contributed by atoms with Crippen LogP contribution >= 0.6 is 11.3 Å². The first-order valence-corrected chi connectivity index (χ1v) is 10.5. The summed E-state index contributed by atoms with van der Waals surface area (Å²) in [4.78, 5) is 27.7. The summed E-state index contributed by atoms with van der Waals surface area (Å²) in [7, 11) is 3.90. The van der Waals surface area contributed by atoms with Gasteiger partial charge in [-0.2, -0.15) is 5.10 Å². The minimum absolute atomic E-state index is 0.218. The molecule has 0 unspecified atom stereocenters. The number of likely N-dealkylation sites (N-methyl/N-ethyl adjacent to an activating group) is 1. The molecular weight excluding hydrogens is 386 g/mol. The van der Waals surface area contributed by atoms with Crippen molar-refractivity contribution < 1.29 is 4.79 Å². The maximum atomic E-state index is 12.9. The fourth-order valence-corrected chi connectivity index (χ4v) is 4.11. The van der Waals surface area contributed by atoms with Crippen molar-refractivity contribution in [2.45, 2.75) is 13.8 Å². The van der Waals surface area contributed by atoms with E-state index in [1.807, 2.05) is 37.4 Å². The van der Waals surface area contributed by atoms with Crippen LogP contribution in [0.15, 0.2) is 23.6 Å².